The molecule has 2 aromatic rings. The zero-order valence-corrected chi connectivity index (χ0v) is 18.3. The third-order valence-electron chi connectivity index (χ3n) is 6.30. The van der Waals surface area contributed by atoms with E-state index in [0.717, 1.165) is 24.3 Å². The van der Waals surface area contributed by atoms with Gasteiger partial charge in [0.05, 0.1) is 0 Å². The van der Waals surface area contributed by atoms with Gasteiger partial charge in [-0.05, 0) is 55.1 Å². The van der Waals surface area contributed by atoms with Gasteiger partial charge in [-0.25, -0.2) is 8.78 Å². The summed E-state index contributed by atoms with van der Waals surface area (Å²) in [5.74, 6) is -0.166. The molecule has 1 saturated carbocycles. The van der Waals surface area contributed by atoms with Crippen molar-refractivity contribution in [2.75, 3.05) is 0 Å². The lowest BCUT2D eigenvalue weighted by molar-refractivity contribution is 0.308. The maximum absolute atomic E-state index is 14.8. The van der Waals surface area contributed by atoms with Crippen LogP contribution in [0.1, 0.15) is 93.4 Å². The van der Waals surface area contributed by atoms with E-state index in [9.17, 15) is 8.78 Å². The summed E-state index contributed by atoms with van der Waals surface area (Å²) in [4.78, 5) is 0. The Morgan fingerprint density at radius 3 is 1.90 bits per heavy atom. The molecular formula is C28H34F2. The van der Waals surface area contributed by atoms with Crippen LogP contribution >= 0.6 is 0 Å². The van der Waals surface area contributed by atoms with Crippen LogP contribution in [0, 0.1) is 5.92 Å². The Hall–Kier alpha value is -2.22. The van der Waals surface area contributed by atoms with Crippen molar-refractivity contribution < 1.29 is 8.78 Å². The molecule has 3 rings (SSSR count). The molecule has 0 unspecified atom stereocenters. The van der Waals surface area contributed by atoms with E-state index < -0.39 is 11.7 Å². The highest BCUT2D eigenvalue weighted by molar-refractivity contribution is 5.83. The van der Waals surface area contributed by atoms with Crippen molar-refractivity contribution >= 4 is 17.7 Å². The van der Waals surface area contributed by atoms with Crippen LogP contribution in [0.5, 0.6) is 0 Å². The first-order valence-electron chi connectivity index (χ1n) is 11.5. The van der Waals surface area contributed by atoms with E-state index in [-0.39, 0.29) is 5.56 Å². The minimum Gasteiger partial charge on any atom is -0.203 e. The summed E-state index contributed by atoms with van der Waals surface area (Å²) in [6.45, 7) is 4.38. The molecule has 0 aromatic heterocycles. The van der Waals surface area contributed by atoms with Crippen LogP contribution in [-0.4, -0.2) is 0 Å². The van der Waals surface area contributed by atoms with Gasteiger partial charge in [-0.15, -0.1) is 0 Å². The van der Waals surface area contributed by atoms with Crippen LogP contribution in [0.15, 0.2) is 54.6 Å². The predicted octanol–water partition coefficient (Wildman–Crippen LogP) is 9.34. The molecule has 0 aliphatic heterocycles. The Morgan fingerprint density at radius 1 is 0.800 bits per heavy atom. The first kappa shape index (κ1) is 22.5. The van der Waals surface area contributed by atoms with Crippen molar-refractivity contribution in [1.82, 2.24) is 0 Å². The average molecular weight is 409 g/mol. The minimum absolute atomic E-state index is 0.276. The van der Waals surface area contributed by atoms with Crippen molar-refractivity contribution in [3.63, 3.8) is 0 Å². The molecular weight excluding hydrogens is 374 g/mol. The van der Waals surface area contributed by atoms with Crippen LogP contribution in [0.2, 0.25) is 0 Å². The van der Waals surface area contributed by atoms with Gasteiger partial charge in [-0.3, -0.25) is 0 Å². The normalized spacial score (nSPS) is 20.4. The molecule has 1 aliphatic carbocycles. The molecule has 30 heavy (non-hydrogen) atoms. The Balaban J connectivity index is 1.67. The topological polar surface area (TPSA) is 0 Å². The molecule has 2 heteroatoms. The number of halogens is 2. The van der Waals surface area contributed by atoms with Gasteiger partial charge < -0.3 is 0 Å². The molecule has 0 N–H and O–H groups in total. The van der Waals surface area contributed by atoms with Gasteiger partial charge in [0.25, 0.3) is 0 Å². The third kappa shape index (κ3) is 5.90. The second kappa shape index (κ2) is 11.2. The molecule has 1 aliphatic rings. The summed E-state index contributed by atoms with van der Waals surface area (Å²) in [6.07, 6.45) is 13.8. The standard InChI is InChI=1S/C28H34F2/c1-3-5-6-8-22-11-15-25(16-12-22)27(29)28(30)26-19-17-24(18-20-26)23-13-9-21(7-4-2)10-14-23/h6,8,11-12,15-21,23H,3-5,7,9-10,13-14H2,1-2H3. The molecule has 1 fully saturated rings. The largest absolute Gasteiger partial charge is 0.203 e. The van der Waals surface area contributed by atoms with Gasteiger partial charge in [-0.1, -0.05) is 93.8 Å². The first-order chi connectivity index (χ1) is 14.6. The monoisotopic (exact) mass is 408 g/mol. The fourth-order valence-corrected chi connectivity index (χ4v) is 4.47. The quantitative estimate of drug-likeness (QED) is 0.382. The fourth-order valence-electron chi connectivity index (χ4n) is 4.47. The first-order valence-corrected chi connectivity index (χ1v) is 11.5. The zero-order chi connectivity index (χ0) is 21.3. The molecule has 160 valence electrons. The lowest BCUT2D eigenvalue weighted by atomic mass is 9.77. The van der Waals surface area contributed by atoms with Gasteiger partial charge in [0.1, 0.15) is 0 Å². The van der Waals surface area contributed by atoms with Crippen LogP contribution < -0.4 is 0 Å². The van der Waals surface area contributed by atoms with Crippen molar-refractivity contribution in [2.45, 2.75) is 71.1 Å². The van der Waals surface area contributed by atoms with Crippen LogP contribution in [0.4, 0.5) is 8.78 Å². The molecule has 0 spiro atoms. The maximum Gasteiger partial charge on any atom is 0.166 e. The summed E-state index contributed by atoms with van der Waals surface area (Å²) in [5.41, 5.74) is 2.84. The molecule has 0 heterocycles. The molecule has 2 aromatic carbocycles. The second-order valence-electron chi connectivity index (χ2n) is 8.57. The summed E-state index contributed by atoms with van der Waals surface area (Å²) >= 11 is 0. The van der Waals surface area contributed by atoms with E-state index in [1.807, 2.05) is 30.3 Å². The van der Waals surface area contributed by atoms with Crippen molar-refractivity contribution in [1.29, 1.82) is 0 Å². The van der Waals surface area contributed by atoms with E-state index in [1.165, 1.54) is 44.1 Å². The Labute approximate surface area is 180 Å². The average Bonchev–Trinajstić information content (AvgIpc) is 2.80. The minimum atomic E-state index is -0.799. The fraction of sp³-hybridized carbons (Fsp3) is 0.429. The van der Waals surface area contributed by atoms with Crippen LogP contribution in [-0.2, 0) is 0 Å². The highest BCUT2D eigenvalue weighted by Crippen LogP contribution is 2.38. The summed E-state index contributed by atoms with van der Waals surface area (Å²) in [7, 11) is 0. The SMILES string of the molecule is CCCC=Cc1ccc(C(F)=C(F)c2ccc(C3CCC(CCC)CC3)cc2)cc1. The molecule has 0 atom stereocenters. The van der Waals surface area contributed by atoms with Gasteiger partial charge in [-0.2, -0.15) is 0 Å². The van der Waals surface area contributed by atoms with Gasteiger partial charge in [0.2, 0.25) is 0 Å². The Morgan fingerprint density at radius 2 is 1.37 bits per heavy atom. The maximum atomic E-state index is 14.8. The van der Waals surface area contributed by atoms with E-state index in [0.29, 0.717) is 11.5 Å². The Bertz CT molecular complexity index is 835. The van der Waals surface area contributed by atoms with Gasteiger partial charge in [0.15, 0.2) is 11.7 Å². The predicted molar refractivity (Wildman–Crippen MR) is 125 cm³/mol. The third-order valence-corrected chi connectivity index (χ3v) is 6.30. The van der Waals surface area contributed by atoms with E-state index in [4.69, 9.17) is 0 Å². The highest BCUT2D eigenvalue weighted by Gasteiger charge is 2.22. The van der Waals surface area contributed by atoms with E-state index >= 15 is 0 Å². The lowest BCUT2D eigenvalue weighted by Gasteiger charge is -2.28. The summed E-state index contributed by atoms with van der Waals surface area (Å²) in [6, 6.07) is 14.4. The molecule has 0 amide bonds. The summed E-state index contributed by atoms with van der Waals surface area (Å²) in [5, 5.41) is 0. The van der Waals surface area contributed by atoms with Gasteiger partial charge >= 0.3 is 0 Å². The zero-order valence-electron chi connectivity index (χ0n) is 18.3. The van der Waals surface area contributed by atoms with Gasteiger partial charge in [0, 0.05) is 11.1 Å². The number of benzene rings is 2. The number of hydrogen-bond donors (Lipinski definition) is 0. The lowest BCUT2D eigenvalue weighted by Crippen LogP contribution is -2.13. The van der Waals surface area contributed by atoms with Crippen LogP contribution in [0.25, 0.3) is 17.7 Å². The van der Waals surface area contributed by atoms with Crippen molar-refractivity contribution in [2.24, 2.45) is 5.92 Å². The second-order valence-corrected chi connectivity index (χ2v) is 8.57. The van der Waals surface area contributed by atoms with Crippen molar-refractivity contribution in [3.05, 3.63) is 76.9 Å². The van der Waals surface area contributed by atoms with E-state index in [1.54, 1.807) is 24.3 Å². The van der Waals surface area contributed by atoms with Crippen molar-refractivity contribution in [3.8, 4) is 0 Å². The highest BCUT2D eigenvalue weighted by atomic mass is 19.2. The number of rotatable bonds is 8. The molecule has 0 radical (unpaired) electrons. The Kier molecular flexibility index (Phi) is 8.42. The number of unbranched alkanes of at least 4 members (excludes halogenated alkanes) is 1. The van der Waals surface area contributed by atoms with Crippen LogP contribution in [0.3, 0.4) is 0 Å². The molecule has 0 nitrogen and oxygen atoms in total. The van der Waals surface area contributed by atoms with E-state index in [2.05, 4.69) is 19.9 Å². The summed E-state index contributed by atoms with van der Waals surface area (Å²) < 4.78 is 29.5. The molecule has 0 bridgehead atoms. The number of hydrogen-bond acceptors (Lipinski definition) is 0. The number of allylic oxidation sites excluding steroid dienone is 1. The molecule has 0 saturated heterocycles. The smallest absolute Gasteiger partial charge is 0.166 e.